The van der Waals surface area contributed by atoms with Gasteiger partial charge < -0.3 is 19.9 Å². The Hall–Kier alpha value is -15.5. The fourth-order valence-electron chi connectivity index (χ4n) is 13.8. The Balaban J connectivity index is 0.000000158. The fourth-order valence-corrected chi connectivity index (χ4v) is 13.8. The quantitative estimate of drug-likeness (QED) is 0.0874. The molecule has 0 saturated heterocycles. The highest BCUT2D eigenvalue weighted by Crippen LogP contribution is 2.41. The number of para-hydroxylation sites is 2. The second-order valence-corrected chi connectivity index (χ2v) is 26.8. The van der Waals surface area contributed by atoms with Crippen LogP contribution in [0.1, 0.15) is 10.4 Å². The molecule has 0 fully saturated rings. The number of nitrogens with zero attached hydrogens (tertiary/aromatic N) is 8. The van der Waals surface area contributed by atoms with Gasteiger partial charge in [0.15, 0.2) is 46.1 Å². The van der Waals surface area contributed by atoms with Crippen LogP contribution in [0.3, 0.4) is 0 Å². The molecule has 0 unspecified atom stereocenters. The van der Waals surface area contributed by atoms with Crippen molar-refractivity contribution in [1.82, 2.24) is 39.9 Å². The summed E-state index contributed by atoms with van der Waals surface area (Å²) in [5.41, 5.74) is 30.9. The third kappa shape index (κ3) is 14.5. The molecule has 19 rings (SSSR count). The molecule has 0 radical (unpaired) electrons. The third-order valence-corrected chi connectivity index (χ3v) is 19.6. The summed E-state index contributed by atoms with van der Waals surface area (Å²) in [4.78, 5) is 52.5. The van der Waals surface area contributed by atoms with Crippen molar-refractivity contribution in [2.24, 2.45) is 0 Å². The Morgan fingerprint density at radius 3 is 0.839 bits per heavy atom. The van der Waals surface area contributed by atoms with Gasteiger partial charge in [-0.3, -0.25) is 4.79 Å². The number of hydrogen-bond acceptors (Lipinski definition) is 12. The lowest BCUT2D eigenvalue weighted by atomic mass is 9.95. The number of carbonyl (C=O) groups is 1. The standard InChI is InChI=1S/C53H35N5O2.C46H31N5O/c59-52(41-18-9-3-10-19-41)54-46-34-43(32-33-44(46)45-22-13-23-47-48(45)55-53(60-47)42-20-11-4-12-21-42)37-26-24-35(25-27-37)36-28-30-40(31-29-36)51-57-49(38-14-5-1-6-15-38)56-50(58-51)39-16-7-2-8-17-39;47-40-29-37(27-28-38(40)39-17-10-18-41-42(39)48-46(52-41)36-15-8-3-9-16-36)32-21-19-30(20-22-32)31-23-25-35(26-24-31)45-50-43(33-11-4-1-5-12-33)49-44(51-45)34-13-6-2-7-14-34/h1-34H,(H,54,59);1-29H,47H2. The van der Waals surface area contributed by atoms with E-state index in [2.05, 4.69) is 121 Å². The average Bonchev–Trinajstić information content (AvgIpc) is 1.56. The van der Waals surface area contributed by atoms with Crippen LogP contribution < -0.4 is 11.1 Å². The van der Waals surface area contributed by atoms with Crippen LogP contribution in [0.5, 0.6) is 0 Å². The number of carbonyl (C=O) groups excluding carboxylic acids is 1. The Kier molecular flexibility index (Phi) is 18.8. The van der Waals surface area contributed by atoms with Crippen LogP contribution in [-0.4, -0.2) is 45.8 Å². The molecule has 0 aliphatic carbocycles. The van der Waals surface area contributed by atoms with E-state index in [9.17, 15) is 4.79 Å². The molecular weight excluding hydrogens is 1380 g/mol. The Labute approximate surface area is 645 Å². The van der Waals surface area contributed by atoms with Gasteiger partial charge in [0, 0.05) is 83.7 Å². The number of aromatic nitrogens is 8. The van der Waals surface area contributed by atoms with Gasteiger partial charge in [-0.25, -0.2) is 39.9 Å². The summed E-state index contributed by atoms with van der Waals surface area (Å²) in [6.45, 7) is 0. The monoisotopic (exact) mass is 1440 g/mol. The van der Waals surface area contributed by atoms with Crippen LogP contribution in [-0.2, 0) is 0 Å². The van der Waals surface area contributed by atoms with Gasteiger partial charge in [-0.1, -0.05) is 322 Å². The molecule has 4 aromatic heterocycles. The van der Waals surface area contributed by atoms with Crippen molar-refractivity contribution >= 4 is 39.5 Å². The maximum Gasteiger partial charge on any atom is 0.255 e. The van der Waals surface area contributed by atoms with Gasteiger partial charge in [-0.05, 0) is 105 Å². The van der Waals surface area contributed by atoms with E-state index in [1.54, 1.807) is 0 Å². The van der Waals surface area contributed by atoms with Crippen molar-refractivity contribution in [2.45, 2.75) is 0 Å². The van der Waals surface area contributed by atoms with Gasteiger partial charge in [0.2, 0.25) is 11.8 Å². The van der Waals surface area contributed by atoms with Crippen LogP contribution in [0, 0.1) is 0 Å². The molecule has 0 saturated carbocycles. The van der Waals surface area contributed by atoms with Gasteiger partial charge in [0.25, 0.3) is 5.91 Å². The Morgan fingerprint density at radius 1 is 0.232 bits per heavy atom. The molecule has 19 aromatic rings. The maximum atomic E-state index is 13.6. The van der Waals surface area contributed by atoms with E-state index in [1.165, 1.54) is 0 Å². The Bertz CT molecular complexity index is 6440. The summed E-state index contributed by atoms with van der Waals surface area (Å²) in [6.07, 6.45) is 0. The van der Waals surface area contributed by atoms with E-state index in [1.807, 2.05) is 267 Å². The van der Waals surface area contributed by atoms with Crippen molar-refractivity contribution in [3.05, 3.63) is 388 Å². The lowest BCUT2D eigenvalue weighted by molar-refractivity contribution is 0.102. The molecule has 3 N–H and O–H groups in total. The first-order valence-electron chi connectivity index (χ1n) is 36.8. The molecule has 13 heteroatoms. The number of nitrogens with two attached hydrogens (primary N) is 1. The second kappa shape index (κ2) is 30.8. The van der Waals surface area contributed by atoms with Gasteiger partial charge >= 0.3 is 0 Å². The molecule has 0 atom stereocenters. The molecule has 0 spiro atoms. The molecular formula is C99H66N10O3. The number of oxazole rings is 2. The highest BCUT2D eigenvalue weighted by molar-refractivity contribution is 6.08. The lowest BCUT2D eigenvalue weighted by Gasteiger charge is -2.15. The second-order valence-electron chi connectivity index (χ2n) is 26.8. The maximum absolute atomic E-state index is 13.6. The largest absolute Gasteiger partial charge is 0.436 e. The zero-order chi connectivity index (χ0) is 75.1. The van der Waals surface area contributed by atoms with E-state index in [4.69, 9.17) is 54.4 Å². The van der Waals surface area contributed by atoms with Crippen molar-refractivity contribution in [1.29, 1.82) is 0 Å². The van der Waals surface area contributed by atoms with E-state index in [0.717, 1.165) is 128 Å². The summed E-state index contributed by atoms with van der Waals surface area (Å²) < 4.78 is 12.3. The lowest BCUT2D eigenvalue weighted by Crippen LogP contribution is -2.12. The topological polar surface area (TPSA) is 185 Å². The average molecular weight is 1440 g/mol. The summed E-state index contributed by atoms with van der Waals surface area (Å²) in [5, 5.41) is 3.21. The fraction of sp³-hybridized carbons (Fsp3) is 0. The molecule has 15 aromatic carbocycles. The van der Waals surface area contributed by atoms with Gasteiger partial charge in [-0.15, -0.1) is 0 Å². The van der Waals surface area contributed by atoms with Crippen LogP contribution in [0.15, 0.2) is 391 Å². The SMILES string of the molecule is Nc1cc(-c2ccc(-c3ccc(-c4nc(-c5ccccc5)nc(-c5ccccc5)n4)cc3)cc2)ccc1-c1cccc2oc(-c3ccccc3)nc12.O=C(Nc1cc(-c2ccc(-c3ccc(-c4nc(-c5ccccc5)nc(-c5ccccc5)n4)cc3)cc2)ccc1-c1cccc2oc(-c3ccccc3)nc12)c1ccccc1. The first-order chi connectivity index (χ1) is 55.3. The minimum absolute atomic E-state index is 0.199. The molecule has 13 nitrogen and oxygen atoms in total. The van der Waals surface area contributed by atoms with Crippen molar-refractivity contribution in [3.63, 3.8) is 0 Å². The molecule has 0 bridgehead atoms. The zero-order valence-electron chi connectivity index (χ0n) is 60.3. The van der Waals surface area contributed by atoms with Crippen molar-refractivity contribution < 1.29 is 13.6 Å². The zero-order valence-corrected chi connectivity index (χ0v) is 60.3. The van der Waals surface area contributed by atoms with Crippen LogP contribution in [0.25, 0.3) is 180 Å². The predicted octanol–water partition coefficient (Wildman–Crippen LogP) is 24.2. The molecule has 4 heterocycles. The van der Waals surface area contributed by atoms with E-state index in [0.29, 0.717) is 69.2 Å². The number of benzene rings is 15. The van der Waals surface area contributed by atoms with Crippen molar-refractivity contribution in [3.8, 4) is 158 Å². The van der Waals surface area contributed by atoms with E-state index in [-0.39, 0.29) is 5.91 Å². The number of rotatable bonds is 16. The molecule has 112 heavy (non-hydrogen) atoms. The first-order valence-corrected chi connectivity index (χ1v) is 36.8. The first kappa shape index (κ1) is 68.3. The van der Waals surface area contributed by atoms with Gasteiger partial charge in [0.05, 0.1) is 0 Å². The van der Waals surface area contributed by atoms with Gasteiger partial charge in [0.1, 0.15) is 11.0 Å². The smallest absolute Gasteiger partial charge is 0.255 e. The predicted molar refractivity (Wildman–Crippen MR) is 450 cm³/mol. The summed E-state index contributed by atoms with van der Waals surface area (Å²) in [7, 11) is 0. The third-order valence-electron chi connectivity index (χ3n) is 19.6. The minimum atomic E-state index is -0.199. The Morgan fingerprint density at radius 2 is 0.500 bits per heavy atom. The number of hydrogen-bond donors (Lipinski definition) is 2. The number of nitrogens with one attached hydrogen (secondary N) is 1. The molecule has 0 aliphatic heterocycles. The number of amides is 1. The summed E-state index contributed by atoms with van der Waals surface area (Å²) >= 11 is 0. The number of nitrogen functional groups attached to an aromatic ring is 1. The molecule has 530 valence electrons. The minimum Gasteiger partial charge on any atom is -0.436 e. The van der Waals surface area contributed by atoms with Crippen molar-refractivity contribution in [2.75, 3.05) is 11.1 Å². The van der Waals surface area contributed by atoms with Crippen LogP contribution in [0.2, 0.25) is 0 Å². The molecule has 1 amide bonds. The highest BCUT2D eigenvalue weighted by atomic mass is 16.4. The van der Waals surface area contributed by atoms with E-state index < -0.39 is 0 Å². The summed E-state index contributed by atoms with van der Waals surface area (Å²) in [6, 6.07) is 127. The van der Waals surface area contributed by atoms with Gasteiger partial charge in [-0.2, -0.15) is 0 Å². The van der Waals surface area contributed by atoms with E-state index >= 15 is 0 Å². The number of fused-ring (bicyclic) bond motifs is 2. The number of anilines is 2. The summed E-state index contributed by atoms with van der Waals surface area (Å²) in [5.74, 6) is 4.72. The van der Waals surface area contributed by atoms with Crippen LogP contribution in [0.4, 0.5) is 11.4 Å². The van der Waals surface area contributed by atoms with Crippen LogP contribution >= 0.6 is 0 Å². The normalized spacial score (nSPS) is 11.1. The molecule has 0 aliphatic rings. The highest BCUT2D eigenvalue weighted by Gasteiger charge is 2.21.